The van der Waals surface area contributed by atoms with Crippen molar-refractivity contribution in [2.45, 2.75) is 5.09 Å². The molecule has 4 aromatic rings. The SMILES string of the molecule is Clc1nccc2occc12.O=S(=O)(Cl)c1cc2c(Cl)nccc2o1. The third-order valence-corrected chi connectivity index (χ3v) is 4.69. The van der Waals surface area contributed by atoms with Gasteiger partial charge < -0.3 is 8.83 Å². The molecule has 6 nitrogen and oxygen atoms in total. The average Bonchev–Trinajstić information content (AvgIpc) is 3.15. The van der Waals surface area contributed by atoms with E-state index in [4.69, 9.17) is 42.7 Å². The van der Waals surface area contributed by atoms with Gasteiger partial charge in [-0.25, -0.2) is 18.4 Å². The number of rotatable bonds is 1. The van der Waals surface area contributed by atoms with Gasteiger partial charge in [-0.3, -0.25) is 0 Å². The molecular weight excluding hydrogens is 399 g/mol. The number of hydrogen-bond donors (Lipinski definition) is 0. The zero-order chi connectivity index (χ0) is 17.3. The van der Waals surface area contributed by atoms with Gasteiger partial charge >= 0.3 is 0 Å². The maximum Gasteiger partial charge on any atom is 0.294 e. The quantitative estimate of drug-likeness (QED) is 0.331. The van der Waals surface area contributed by atoms with E-state index in [1.54, 1.807) is 24.6 Å². The molecule has 24 heavy (non-hydrogen) atoms. The minimum atomic E-state index is -3.86. The van der Waals surface area contributed by atoms with Gasteiger partial charge in [0.15, 0.2) is 0 Å². The van der Waals surface area contributed by atoms with Crippen molar-refractivity contribution in [2.75, 3.05) is 0 Å². The Hall–Kier alpha value is -1.80. The van der Waals surface area contributed by atoms with Crippen LogP contribution in [0, 0.1) is 0 Å². The summed E-state index contributed by atoms with van der Waals surface area (Å²) in [5.41, 5.74) is 1.12. The molecule has 0 saturated heterocycles. The third kappa shape index (κ3) is 3.49. The maximum absolute atomic E-state index is 10.9. The molecule has 0 spiro atoms. The van der Waals surface area contributed by atoms with Gasteiger partial charge in [-0.15, -0.1) is 0 Å². The van der Waals surface area contributed by atoms with Crippen LogP contribution in [-0.4, -0.2) is 18.4 Å². The second-order valence-corrected chi connectivity index (χ2v) is 7.66. The highest BCUT2D eigenvalue weighted by molar-refractivity contribution is 8.13. The van der Waals surface area contributed by atoms with E-state index >= 15 is 0 Å². The minimum absolute atomic E-state index is 0.179. The summed E-state index contributed by atoms with van der Waals surface area (Å²) < 4.78 is 31.9. The van der Waals surface area contributed by atoms with Crippen molar-refractivity contribution in [1.82, 2.24) is 9.97 Å². The van der Waals surface area contributed by atoms with Crippen LogP contribution < -0.4 is 0 Å². The molecule has 124 valence electrons. The summed E-state index contributed by atoms with van der Waals surface area (Å²) in [7, 11) is 1.24. The molecule has 0 saturated carbocycles. The van der Waals surface area contributed by atoms with E-state index in [9.17, 15) is 8.42 Å². The van der Waals surface area contributed by atoms with Crippen LogP contribution in [0.1, 0.15) is 0 Å². The fraction of sp³-hybridized carbons (Fsp3) is 0. The van der Waals surface area contributed by atoms with E-state index in [-0.39, 0.29) is 10.2 Å². The number of furan rings is 2. The molecule has 0 amide bonds. The van der Waals surface area contributed by atoms with Gasteiger partial charge in [-0.1, -0.05) is 23.2 Å². The van der Waals surface area contributed by atoms with Crippen molar-refractivity contribution in [2.24, 2.45) is 0 Å². The van der Waals surface area contributed by atoms with Crippen LogP contribution in [-0.2, 0) is 9.05 Å². The Bertz CT molecular complexity index is 1120. The van der Waals surface area contributed by atoms with Gasteiger partial charge in [0.1, 0.15) is 21.5 Å². The second kappa shape index (κ2) is 6.60. The minimum Gasteiger partial charge on any atom is -0.464 e. The summed E-state index contributed by atoms with van der Waals surface area (Å²) in [6.45, 7) is 0. The van der Waals surface area contributed by atoms with E-state index in [0.717, 1.165) is 11.0 Å². The number of fused-ring (bicyclic) bond motifs is 2. The molecule has 0 unspecified atom stereocenters. The summed E-state index contributed by atoms with van der Waals surface area (Å²) in [5.74, 6) is 0. The first kappa shape index (κ1) is 17.0. The highest BCUT2D eigenvalue weighted by atomic mass is 35.7. The summed E-state index contributed by atoms with van der Waals surface area (Å²) in [6.07, 6.45) is 4.63. The molecule has 0 aliphatic heterocycles. The van der Waals surface area contributed by atoms with E-state index in [0.29, 0.717) is 16.1 Å². The highest BCUT2D eigenvalue weighted by Crippen LogP contribution is 2.28. The van der Waals surface area contributed by atoms with Crippen LogP contribution in [0.25, 0.3) is 21.9 Å². The molecule has 0 bridgehead atoms. The van der Waals surface area contributed by atoms with Gasteiger partial charge in [-0.2, -0.15) is 0 Å². The predicted octanol–water partition coefficient (Wildman–Crippen LogP) is 4.89. The van der Waals surface area contributed by atoms with Crippen LogP contribution in [0.5, 0.6) is 0 Å². The van der Waals surface area contributed by atoms with Crippen LogP contribution in [0.2, 0.25) is 10.3 Å². The standard InChI is InChI=1S/C7H3Cl2NO3S.C7H4ClNO/c8-7-4-3-6(14(9,11)12)13-5(4)1-2-10-7;8-7-5-2-4-10-6(5)1-3-9-7/h1-3H;1-4H. The van der Waals surface area contributed by atoms with E-state index < -0.39 is 9.05 Å². The Labute approximate surface area is 150 Å². The monoisotopic (exact) mass is 404 g/mol. The lowest BCUT2D eigenvalue weighted by Gasteiger charge is -1.87. The van der Waals surface area contributed by atoms with Gasteiger partial charge in [0, 0.05) is 29.1 Å². The summed E-state index contributed by atoms with van der Waals surface area (Å²) in [5, 5.41) is 1.63. The largest absolute Gasteiger partial charge is 0.464 e. The van der Waals surface area contributed by atoms with Gasteiger partial charge in [0.2, 0.25) is 5.09 Å². The molecule has 0 fully saturated rings. The average molecular weight is 406 g/mol. The fourth-order valence-corrected chi connectivity index (χ4v) is 2.98. The fourth-order valence-electron chi connectivity index (χ4n) is 1.89. The zero-order valence-electron chi connectivity index (χ0n) is 11.6. The summed E-state index contributed by atoms with van der Waals surface area (Å²) in [6, 6.07) is 6.33. The first-order valence-electron chi connectivity index (χ1n) is 6.32. The van der Waals surface area contributed by atoms with Crippen molar-refractivity contribution in [3.05, 3.63) is 53.2 Å². The summed E-state index contributed by atoms with van der Waals surface area (Å²) >= 11 is 11.4. The normalized spacial score (nSPS) is 11.5. The first-order valence-corrected chi connectivity index (χ1v) is 9.39. The first-order chi connectivity index (χ1) is 11.4. The number of halogens is 3. The molecule has 0 atom stereocenters. The second-order valence-electron chi connectivity index (χ2n) is 4.45. The molecule has 4 heterocycles. The predicted molar refractivity (Wildman–Crippen MR) is 91.1 cm³/mol. The lowest BCUT2D eigenvalue weighted by Crippen LogP contribution is -1.85. The molecule has 0 radical (unpaired) electrons. The molecule has 0 aromatic carbocycles. The molecule has 10 heteroatoms. The number of pyridine rings is 2. The third-order valence-electron chi connectivity index (χ3n) is 2.95. The molecule has 0 N–H and O–H groups in total. The van der Waals surface area contributed by atoms with Crippen molar-refractivity contribution >= 4 is 64.9 Å². The molecular formula is C14H7Cl3N2O4S. The van der Waals surface area contributed by atoms with Crippen LogP contribution in [0.4, 0.5) is 0 Å². The Balaban J connectivity index is 0.000000149. The number of nitrogens with zero attached hydrogens (tertiary/aromatic N) is 2. The van der Waals surface area contributed by atoms with Crippen molar-refractivity contribution < 1.29 is 17.3 Å². The van der Waals surface area contributed by atoms with Gasteiger partial charge in [0.25, 0.3) is 9.05 Å². The molecule has 4 aromatic heterocycles. The van der Waals surface area contributed by atoms with Crippen LogP contribution in [0.15, 0.2) is 56.8 Å². The summed E-state index contributed by atoms with van der Waals surface area (Å²) in [4.78, 5) is 7.66. The van der Waals surface area contributed by atoms with Crippen LogP contribution >= 0.6 is 33.9 Å². The lowest BCUT2D eigenvalue weighted by molar-refractivity contribution is 0.488. The van der Waals surface area contributed by atoms with E-state index in [1.165, 1.54) is 18.3 Å². The molecule has 0 aliphatic carbocycles. The Morgan fingerprint density at radius 1 is 0.917 bits per heavy atom. The number of hydrogen-bond acceptors (Lipinski definition) is 6. The Kier molecular flexibility index (Phi) is 4.69. The molecule has 0 aliphatic rings. The highest BCUT2D eigenvalue weighted by Gasteiger charge is 2.17. The Morgan fingerprint density at radius 2 is 1.54 bits per heavy atom. The maximum atomic E-state index is 10.9. The van der Waals surface area contributed by atoms with Gasteiger partial charge in [0.05, 0.1) is 17.0 Å². The van der Waals surface area contributed by atoms with Crippen molar-refractivity contribution in [3.8, 4) is 0 Å². The van der Waals surface area contributed by atoms with Gasteiger partial charge in [-0.05, 0) is 18.2 Å². The van der Waals surface area contributed by atoms with Crippen molar-refractivity contribution in [3.63, 3.8) is 0 Å². The van der Waals surface area contributed by atoms with E-state index in [1.807, 2.05) is 0 Å². The number of aromatic nitrogens is 2. The van der Waals surface area contributed by atoms with E-state index in [2.05, 4.69) is 9.97 Å². The zero-order valence-corrected chi connectivity index (χ0v) is 14.7. The topological polar surface area (TPSA) is 86.2 Å². The van der Waals surface area contributed by atoms with Crippen LogP contribution in [0.3, 0.4) is 0 Å². The lowest BCUT2D eigenvalue weighted by atomic mass is 10.3. The molecule has 4 rings (SSSR count). The Morgan fingerprint density at radius 3 is 2.12 bits per heavy atom. The smallest absolute Gasteiger partial charge is 0.294 e. The van der Waals surface area contributed by atoms with Crippen molar-refractivity contribution in [1.29, 1.82) is 0 Å².